The third kappa shape index (κ3) is 4.13. The van der Waals surface area contributed by atoms with E-state index >= 15 is 0 Å². The van der Waals surface area contributed by atoms with Gasteiger partial charge >= 0.3 is 0 Å². The maximum Gasteiger partial charge on any atom is 0.259 e. The van der Waals surface area contributed by atoms with Gasteiger partial charge in [-0.2, -0.15) is 0 Å². The summed E-state index contributed by atoms with van der Waals surface area (Å²) in [5.74, 6) is -0.905. The number of carbonyl (C=O) groups excluding carboxylic acids is 2. The molecule has 156 valence electrons. The molecule has 2 aromatic heterocycles. The molecule has 0 saturated carbocycles. The van der Waals surface area contributed by atoms with E-state index in [1.165, 1.54) is 12.1 Å². The van der Waals surface area contributed by atoms with Crippen molar-refractivity contribution in [1.82, 2.24) is 20.8 Å². The average molecular weight is 418 g/mol. The number of carbonyl (C=O) groups is 2. The van der Waals surface area contributed by atoms with Gasteiger partial charge in [-0.25, -0.2) is 9.37 Å². The van der Waals surface area contributed by atoms with Crippen LogP contribution in [0.2, 0.25) is 0 Å². The summed E-state index contributed by atoms with van der Waals surface area (Å²) in [7, 11) is 1.56. The third-order valence-electron chi connectivity index (χ3n) is 4.87. The third-order valence-corrected chi connectivity index (χ3v) is 4.87. The summed E-state index contributed by atoms with van der Waals surface area (Å²) in [5, 5.41) is 9.88. The quantitative estimate of drug-likeness (QED) is 0.516. The second-order valence-electron chi connectivity index (χ2n) is 6.97. The van der Waals surface area contributed by atoms with Crippen LogP contribution in [0.5, 0.6) is 0 Å². The molecule has 0 aliphatic heterocycles. The minimum atomic E-state index is -0.364. The Morgan fingerprint density at radius 2 is 1.84 bits per heavy atom. The van der Waals surface area contributed by atoms with Crippen LogP contribution < -0.4 is 10.6 Å². The zero-order valence-corrected chi connectivity index (χ0v) is 16.9. The van der Waals surface area contributed by atoms with Crippen molar-refractivity contribution in [3.63, 3.8) is 0 Å². The number of fused-ring (bicyclic) bond motifs is 1. The topological polar surface area (TPSA) is 97.1 Å². The Morgan fingerprint density at radius 1 is 1.06 bits per heavy atom. The molecular weight excluding hydrogens is 399 g/mol. The van der Waals surface area contributed by atoms with E-state index in [1.54, 1.807) is 50.4 Å². The zero-order valence-electron chi connectivity index (χ0n) is 16.9. The smallest absolute Gasteiger partial charge is 0.259 e. The Hall–Kier alpha value is -4.07. The molecule has 0 bridgehead atoms. The van der Waals surface area contributed by atoms with Gasteiger partial charge in [-0.3, -0.25) is 9.59 Å². The first-order chi connectivity index (χ1) is 15.0. The van der Waals surface area contributed by atoms with Gasteiger partial charge in [0, 0.05) is 24.7 Å². The molecule has 0 saturated heterocycles. The van der Waals surface area contributed by atoms with Crippen molar-refractivity contribution >= 4 is 22.9 Å². The van der Waals surface area contributed by atoms with E-state index in [0.29, 0.717) is 33.5 Å². The number of amides is 2. The van der Waals surface area contributed by atoms with Crippen molar-refractivity contribution in [2.45, 2.75) is 13.5 Å². The summed E-state index contributed by atoms with van der Waals surface area (Å²) >= 11 is 0. The molecule has 0 radical (unpaired) electrons. The van der Waals surface area contributed by atoms with E-state index in [0.717, 1.165) is 5.56 Å². The molecule has 0 spiro atoms. The van der Waals surface area contributed by atoms with E-state index in [4.69, 9.17) is 4.52 Å². The number of hydrogen-bond donors (Lipinski definition) is 2. The van der Waals surface area contributed by atoms with Crippen LogP contribution in [0.25, 0.3) is 22.4 Å². The number of hydrogen-bond acceptors (Lipinski definition) is 5. The van der Waals surface area contributed by atoms with Gasteiger partial charge in [0.25, 0.3) is 17.5 Å². The summed E-state index contributed by atoms with van der Waals surface area (Å²) in [6.07, 6.45) is 0. The molecule has 0 fully saturated rings. The summed E-state index contributed by atoms with van der Waals surface area (Å²) in [6, 6.07) is 14.4. The Morgan fingerprint density at radius 3 is 2.58 bits per heavy atom. The molecule has 31 heavy (non-hydrogen) atoms. The standard InChI is InChI=1S/C23H19FN4O3/c1-13-20-18(22(30)26-12-14-4-3-5-16(10-14)21(29)25-2)11-19(27-23(20)31-28-13)15-6-8-17(24)9-7-15/h3-11H,12H2,1-2H3,(H,25,29)(H,26,30). The summed E-state index contributed by atoms with van der Waals surface area (Å²) < 4.78 is 18.6. The van der Waals surface area contributed by atoms with Crippen molar-refractivity contribution < 1.29 is 18.5 Å². The van der Waals surface area contributed by atoms with Crippen molar-refractivity contribution in [3.05, 3.63) is 82.8 Å². The first kappa shape index (κ1) is 20.2. The minimum absolute atomic E-state index is 0.201. The van der Waals surface area contributed by atoms with Gasteiger partial charge in [-0.05, 0) is 55.0 Å². The maximum absolute atomic E-state index is 13.3. The van der Waals surface area contributed by atoms with Gasteiger partial charge in [0.2, 0.25) is 0 Å². The molecule has 0 atom stereocenters. The van der Waals surface area contributed by atoms with Gasteiger partial charge < -0.3 is 15.2 Å². The van der Waals surface area contributed by atoms with E-state index in [-0.39, 0.29) is 29.9 Å². The maximum atomic E-state index is 13.3. The minimum Gasteiger partial charge on any atom is -0.355 e. The lowest BCUT2D eigenvalue weighted by Crippen LogP contribution is -2.24. The van der Waals surface area contributed by atoms with Crippen LogP contribution in [0.15, 0.2) is 59.1 Å². The van der Waals surface area contributed by atoms with Gasteiger partial charge in [0.15, 0.2) is 0 Å². The van der Waals surface area contributed by atoms with Gasteiger partial charge in [0.05, 0.1) is 22.3 Å². The fourth-order valence-electron chi connectivity index (χ4n) is 3.29. The molecular formula is C23H19FN4O3. The largest absolute Gasteiger partial charge is 0.355 e. The molecule has 0 unspecified atom stereocenters. The Bertz CT molecular complexity index is 1280. The number of nitrogens with zero attached hydrogens (tertiary/aromatic N) is 2. The van der Waals surface area contributed by atoms with Crippen LogP contribution in [-0.4, -0.2) is 29.0 Å². The predicted octanol–water partition coefficient (Wildman–Crippen LogP) is 3.63. The van der Waals surface area contributed by atoms with Crippen molar-refractivity contribution in [3.8, 4) is 11.3 Å². The number of nitrogens with one attached hydrogen (secondary N) is 2. The SMILES string of the molecule is CNC(=O)c1cccc(CNC(=O)c2cc(-c3ccc(F)cc3)nc3onc(C)c23)c1. The number of pyridine rings is 1. The summed E-state index contributed by atoms with van der Waals surface area (Å²) in [6.45, 7) is 1.96. The lowest BCUT2D eigenvalue weighted by Gasteiger charge is -2.09. The van der Waals surface area contributed by atoms with Gasteiger partial charge in [0.1, 0.15) is 5.82 Å². The molecule has 2 amide bonds. The highest BCUT2D eigenvalue weighted by atomic mass is 19.1. The Balaban J connectivity index is 1.65. The molecule has 2 aromatic carbocycles. The summed E-state index contributed by atoms with van der Waals surface area (Å²) in [5.41, 5.74) is 3.52. The van der Waals surface area contributed by atoms with Crippen molar-refractivity contribution in [1.29, 1.82) is 0 Å². The molecule has 8 heteroatoms. The number of aromatic nitrogens is 2. The van der Waals surface area contributed by atoms with E-state index < -0.39 is 0 Å². The van der Waals surface area contributed by atoms with Crippen LogP contribution in [0.1, 0.15) is 32.0 Å². The number of aryl methyl sites for hydroxylation is 1. The highest BCUT2D eigenvalue weighted by Crippen LogP contribution is 2.27. The Kier molecular flexibility index (Phi) is 5.44. The molecule has 0 aliphatic carbocycles. The molecule has 0 aliphatic rings. The van der Waals surface area contributed by atoms with E-state index in [9.17, 15) is 14.0 Å². The van der Waals surface area contributed by atoms with Crippen molar-refractivity contribution in [2.24, 2.45) is 0 Å². The molecule has 4 rings (SSSR count). The average Bonchev–Trinajstić information content (AvgIpc) is 3.17. The fraction of sp³-hybridized carbons (Fsp3) is 0.130. The van der Waals surface area contributed by atoms with E-state index in [2.05, 4.69) is 20.8 Å². The van der Waals surface area contributed by atoms with E-state index in [1.807, 2.05) is 6.07 Å². The van der Waals surface area contributed by atoms with Crippen LogP contribution >= 0.6 is 0 Å². The van der Waals surface area contributed by atoms with Gasteiger partial charge in [-0.15, -0.1) is 0 Å². The highest BCUT2D eigenvalue weighted by Gasteiger charge is 2.19. The van der Waals surface area contributed by atoms with Crippen LogP contribution in [0.3, 0.4) is 0 Å². The lowest BCUT2D eigenvalue weighted by atomic mass is 10.0. The fourth-order valence-corrected chi connectivity index (χ4v) is 3.29. The second-order valence-corrected chi connectivity index (χ2v) is 6.97. The first-order valence-corrected chi connectivity index (χ1v) is 9.58. The monoisotopic (exact) mass is 418 g/mol. The second kappa shape index (κ2) is 8.35. The molecule has 2 heterocycles. The number of halogens is 1. The summed E-state index contributed by atoms with van der Waals surface area (Å²) in [4.78, 5) is 29.3. The Labute approximate surface area is 177 Å². The molecule has 4 aromatic rings. The predicted molar refractivity (Wildman–Crippen MR) is 113 cm³/mol. The number of benzene rings is 2. The zero-order chi connectivity index (χ0) is 22.0. The molecule has 7 nitrogen and oxygen atoms in total. The van der Waals surface area contributed by atoms with Crippen LogP contribution in [-0.2, 0) is 6.54 Å². The lowest BCUT2D eigenvalue weighted by molar-refractivity contribution is 0.0950. The highest BCUT2D eigenvalue weighted by molar-refractivity contribution is 6.07. The number of rotatable bonds is 5. The van der Waals surface area contributed by atoms with Gasteiger partial charge in [-0.1, -0.05) is 17.3 Å². The first-order valence-electron chi connectivity index (χ1n) is 9.58. The van der Waals surface area contributed by atoms with Crippen LogP contribution in [0.4, 0.5) is 4.39 Å². The van der Waals surface area contributed by atoms with Crippen LogP contribution in [0, 0.1) is 12.7 Å². The van der Waals surface area contributed by atoms with Crippen molar-refractivity contribution in [2.75, 3.05) is 7.05 Å². The normalized spacial score (nSPS) is 10.8. The molecule has 2 N–H and O–H groups in total.